The molecule has 2 aromatic rings. The third-order valence-corrected chi connectivity index (χ3v) is 4.69. The van der Waals surface area contributed by atoms with Crippen LogP contribution >= 0.6 is 11.8 Å². The minimum Gasteiger partial charge on any atom is -0.273 e. The number of rotatable bonds is 2. The largest absolute Gasteiger partial charge is 0.273 e. The molecule has 0 fully saturated rings. The van der Waals surface area contributed by atoms with E-state index < -0.39 is 0 Å². The summed E-state index contributed by atoms with van der Waals surface area (Å²) < 4.78 is 1.68. The van der Waals surface area contributed by atoms with Crippen LogP contribution in [0.2, 0.25) is 0 Å². The van der Waals surface area contributed by atoms with Crippen molar-refractivity contribution in [2.45, 2.75) is 36.5 Å². The number of carbonyl (C=O) groups excluding carboxylic acids is 1. The Morgan fingerprint density at radius 1 is 1.24 bits per heavy atom. The van der Waals surface area contributed by atoms with E-state index in [1.54, 1.807) is 16.3 Å². The molecule has 0 amide bonds. The topological polar surface area (TPSA) is 34.4 Å². The van der Waals surface area contributed by atoms with Crippen molar-refractivity contribution in [3.8, 4) is 0 Å². The van der Waals surface area contributed by atoms with E-state index >= 15 is 0 Å². The summed E-state index contributed by atoms with van der Waals surface area (Å²) in [5.74, 6) is 0.108. The van der Waals surface area contributed by atoms with Gasteiger partial charge in [0.15, 0.2) is 0 Å². The number of hydrogen-bond acceptors (Lipinski definition) is 3. The first-order valence-electron chi connectivity index (χ1n) is 7.15. The average molecular weight is 298 g/mol. The van der Waals surface area contributed by atoms with Crippen LogP contribution in [0.15, 0.2) is 58.5 Å². The highest BCUT2D eigenvalue weighted by Crippen LogP contribution is 2.37. The highest BCUT2D eigenvalue weighted by molar-refractivity contribution is 8.01. The van der Waals surface area contributed by atoms with Gasteiger partial charge >= 0.3 is 0 Å². The molecular weight excluding hydrogens is 280 g/mol. The lowest BCUT2D eigenvalue weighted by molar-refractivity contribution is 0.0905. The number of fused-ring (bicyclic) bond motifs is 1. The van der Waals surface area contributed by atoms with Gasteiger partial charge in [0.2, 0.25) is 5.91 Å². The minimum atomic E-state index is -0.0593. The zero-order valence-corrected chi connectivity index (χ0v) is 13.0. The first-order valence-corrected chi connectivity index (χ1v) is 8.03. The van der Waals surface area contributed by atoms with Gasteiger partial charge in [-0.15, -0.1) is 11.8 Å². The Kier molecular flexibility index (Phi) is 3.97. The monoisotopic (exact) mass is 298 g/mol. The molecule has 1 atom stereocenters. The highest BCUT2D eigenvalue weighted by atomic mass is 32.2. The molecule has 0 N–H and O–H groups in total. The van der Waals surface area contributed by atoms with Gasteiger partial charge in [-0.3, -0.25) is 14.4 Å². The molecule has 0 saturated carbocycles. The van der Waals surface area contributed by atoms with Gasteiger partial charge in [-0.1, -0.05) is 24.3 Å². The van der Waals surface area contributed by atoms with Crippen LogP contribution in [0.25, 0.3) is 0 Å². The van der Waals surface area contributed by atoms with Crippen molar-refractivity contribution in [2.24, 2.45) is 4.99 Å². The summed E-state index contributed by atoms with van der Waals surface area (Å²) in [6.45, 7) is 4.03. The Balaban J connectivity index is 1.92. The molecule has 108 valence electrons. The molecule has 3 rings (SSSR count). The Hall–Kier alpha value is -1.81. The third-order valence-electron chi connectivity index (χ3n) is 3.39. The Morgan fingerprint density at radius 3 is 2.76 bits per heavy atom. The lowest BCUT2D eigenvalue weighted by Crippen LogP contribution is -2.33. The molecule has 1 aliphatic heterocycles. The summed E-state index contributed by atoms with van der Waals surface area (Å²) in [4.78, 5) is 18.6. The molecule has 0 aliphatic carbocycles. The molecule has 21 heavy (non-hydrogen) atoms. The predicted octanol–water partition coefficient (Wildman–Crippen LogP) is 3.15. The summed E-state index contributed by atoms with van der Waals surface area (Å²) in [5.41, 5.74) is 1.99. The van der Waals surface area contributed by atoms with E-state index in [4.69, 9.17) is 0 Å². The number of aromatic nitrogens is 1. The molecule has 4 heteroatoms. The van der Waals surface area contributed by atoms with Gasteiger partial charge < -0.3 is 0 Å². The van der Waals surface area contributed by atoms with Gasteiger partial charge in [0, 0.05) is 17.1 Å². The molecule has 1 aromatic heterocycles. The van der Waals surface area contributed by atoms with Crippen molar-refractivity contribution in [3.05, 3.63) is 59.7 Å². The third kappa shape index (κ3) is 2.95. The second-order valence-corrected chi connectivity index (χ2v) is 6.65. The van der Waals surface area contributed by atoms with Crippen molar-refractivity contribution in [1.29, 1.82) is 0 Å². The second-order valence-electron chi connectivity index (χ2n) is 5.41. The van der Waals surface area contributed by atoms with Crippen LogP contribution in [-0.4, -0.2) is 21.8 Å². The van der Waals surface area contributed by atoms with E-state index in [1.165, 1.54) is 10.5 Å². The van der Waals surface area contributed by atoms with Gasteiger partial charge in [0.25, 0.3) is 0 Å². The van der Waals surface area contributed by atoms with Crippen LogP contribution in [0.4, 0.5) is 0 Å². The molecule has 1 aliphatic rings. The van der Waals surface area contributed by atoms with Gasteiger partial charge in [-0.2, -0.15) is 0 Å². The van der Waals surface area contributed by atoms with Gasteiger partial charge in [-0.05, 0) is 44.0 Å². The van der Waals surface area contributed by atoms with Crippen molar-refractivity contribution >= 4 is 17.7 Å². The fraction of sp³-hybridized carbons (Fsp3) is 0.294. The zero-order valence-electron chi connectivity index (χ0n) is 12.2. The molecule has 0 radical (unpaired) electrons. The van der Waals surface area contributed by atoms with Gasteiger partial charge in [0.1, 0.15) is 5.49 Å². The Morgan fingerprint density at radius 2 is 2.00 bits per heavy atom. The number of nitrogens with zero attached hydrogens (tertiary/aromatic N) is 2. The molecule has 0 bridgehead atoms. The fourth-order valence-corrected chi connectivity index (χ4v) is 3.71. The minimum absolute atomic E-state index is 0.0593. The van der Waals surface area contributed by atoms with Crippen molar-refractivity contribution in [2.75, 3.05) is 0 Å². The summed E-state index contributed by atoms with van der Waals surface area (Å²) >= 11 is 1.65. The predicted molar refractivity (Wildman–Crippen MR) is 85.5 cm³/mol. The average Bonchev–Trinajstić information content (AvgIpc) is 2.90. The number of pyridine rings is 1. The van der Waals surface area contributed by atoms with Crippen LogP contribution in [-0.2, 0) is 6.42 Å². The van der Waals surface area contributed by atoms with Crippen LogP contribution < -0.4 is 5.49 Å². The zero-order chi connectivity index (χ0) is 14.8. The summed E-state index contributed by atoms with van der Waals surface area (Å²) in [6.07, 6.45) is 2.61. The standard InChI is InChI=1S/C17H18N2OS/c1-12(2)18-16-9-5-6-10-19(16)17(20)15-11-13-7-3-4-8-14(13)21-15/h3-10,12,15H,11H2,1-2H3. The number of benzene rings is 1. The van der Waals surface area contributed by atoms with Gasteiger partial charge in [-0.25, -0.2) is 0 Å². The van der Waals surface area contributed by atoms with E-state index in [0.29, 0.717) is 0 Å². The first-order chi connectivity index (χ1) is 10.1. The number of thioether (sulfide) groups is 1. The maximum Gasteiger partial charge on any atom is 0.246 e. The van der Waals surface area contributed by atoms with Crippen molar-refractivity contribution < 1.29 is 4.79 Å². The Bertz CT molecular complexity index is 708. The fourth-order valence-electron chi connectivity index (χ4n) is 2.47. The quantitative estimate of drug-likeness (QED) is 0.853. The van der Waals surface area contributed by atoms with Crippen LogP contribution in [0, 0.1) is 0 Å². The smallest absolute Gasteiger partial charge is 0.246 e. The van der Waals surface area contributed by atoms with E-state index in [9.17, 15) is 4.79 Å². The van der Waals surface area contributed by atoms with E-state index in [0.717, 1.165) is 11.9 Å². The summed E-state index contributed by atoms with van der Waals surface area (Å²) in [7, 11) is 0. The summed E-state index contributed by atoms with van der Waals surface area (Å²) in [5, 5.41) is -0.0593. The first kappa shape index (κ1) is 14.1. The lowest BCUT2D eigenvalue weighted by atomic mass is 10.1. The molecule has 0 spiro atoms. The highest BCUT2D eigenvalue weighted by Gasteiger charge is 2.28. The van der Waals surface area contributed by atoms with E-state index in [1.807, 2.05) is 50.4 Å². The van der Waals surface area contributed by atoms with Crippen molar-refractivity contribution in [3.63, 3.8) is 0 Å². The number of hydrogen-bond donors (Lipinski definition) is 0. The van der Waals surface area contributed by atoms with E-state index in [2.05, 4.69) is 17.1 Å². The van der Waals surface area contributed by atoms with E-state index in [-0.39, 0.29) is 17.2 Å². The maximum atomic E-state index is 12.8. The molecule has 3 nitrogen and oxygen atoms in total. The van der Waals surface area contributed by atoms with Gasteiger partial charge in [0.05, 0.1) is 5.25 Å². The maximum absolute atomic E-state index is 12.8. The van der Waals surface area contributed by atoms with Crippen LogP contribution in [0.3, 0.4) is 0 Å². The second kappa shape index (κ2) is 5.90. The normalized spacial score (nSPS) is 18.0. The lowest BCUT2D eigenvalue weighted by Gasteiger charge is -2.11. The van der Waals surface area contributed by atoms with Crippen LogP contribution in [0.1, 0.15) is 24.2 Å². The molecule has 1 aromatic carbocycles. The molecule has 2 heterocycles. The molecule has 1 unspecified atom stereocenters. The SMILES string of the molecule is CC(C)N=c1ccccn1C(=O)C1Cc2ccccc2S1. The molecule has 0 saturated heterocycles. The van der Waals surface area contributed by atoms with Crippen molar-refractivity contribution in [1.82, 2.24) is 4.57 Å². The molecular formula is C17H18N2OS. The summed E-state index contributed by atoms with van der Waals surface area (Å²) in [6, 6.07) is 14.1. The Labute approximate surface area is 128 Å². The number of carbonyl (C=O) groups is 1. The van der Waals surface area contributed by atoms with Crippen LogP contribution in [0.5, 0.6) is 0 Å².